The molecule has 2 aromatic heterocycles. The summed E-state index contributed by atoms with van der Waals surface area (Å²) in [6.07, 6.45) is 3.52. The van der Waals surface area contributed by atoms with Crippen molar-refractivity contribution < 1.29 is 29.6 Å². The topological polar surface area (TPSA) is 251 Å². The van der Waals surface area contributed by atoms with E-state index >= 15 is 0 Å². The average molecular weight is 867 g/mol. The molecule has 4 aromatic rings. The number of aromatic amines is 1. The predicted molar refractivity (Wildman–Crippen MR) is 234 cm³/mol. The van der Waals surface area contributed by atoms with Crippen LogP contribution in [0.15, 0.2) is 106 Å². The van der Waals surface area contributed by atoms with Crippen molar-refractivity contribution in [1.29, 1.82) is 0 Å². The van der Waals surface area contributed by atoms with E-state index in [0.29, 0.717) is 32.5 Å². The molecule has 18 heteroatoms. The van der Waals surface area contributed by atoms with Crippen LogP contribution in [-0.2, 0) is 33.7 Å². The molecule has 7 rings (SSSR count). The molecule has 63 heavy (non-hydrogen) atoms. The van der Waals surface area contributed by atoms with E-state index in [-0.39, 0.29) is 37.8 Å². The van der Waals surface area contributed by atoms with Gasteiger partial charge in [0.15, 0.2) is 0 Å². The third-order valence-electron chi connectivity index (χ3n) is 11.4. The molecule has 2 fully saturated rings. The van der Waals surface area contributed by atoms with Crippen LogP contribution in [-0.4, -0.2) is 120 Å². The van der Waals surface area contributed by atoms with Crippen molar-refractivity contribution in [2.24, 2.45) is 11.0 Å². The number of nitrogens with one attached hydrogen (secondary N) is 3. The molecule has 0 unspecified atom stereocenters. The predicted octanol–water partition coefficient (Wildman–Crippen LogP) is 2.36. The van der Waals surface area contributed by atoms with Gasteiger partial charge >= 0.3 is 5.69 Å². The fourth-order valence-electron chi connectivity index (χ4n) is 8.46. The van der Waals surface area contributed by atoms with Crippen molar-refractivity contribution in [3.63, 3.8) is 0 Å². The van der Waals surface area contributed by atoms with E-state index in [9.17, 15) is 29.4 Å². The lowest BCUT2D eigenvalue weighted by Crippen LogP contribution is -2.61. The summed E-state index contributed by atoms with van der Waals surface area (Å²) in [6.45, 7) is 8.44. The number of carbonyl (C=O) groups is 2. The zero-order valence-electron chi connectivity index (χ0n) is 35.9. The van der Waals surface area contributed by atoms with Crippen molar-refractivity contribution in [3.8, 4) is 0 Å². The first-order valence-electron chi connectivity index (χ1n) is 21.3. The van der Waals surface area contributed by atoms with Gasteiger partial charge in [0.05, 0.1) is 37.0 Å². The normalized spacial score (nSPS) is 23.3. The fourth-order valence-corrected chi connectivity index (χ4v) is 8.46. The maximum absolute atomic E-state index is 13.8. The van der Waals surface area contributed by atoms with E-state index in [1.807, 2.05) is 93.7 Å². The molecule has 18 nitrogen and oxygen atoms in total. The van der Waals surface area contributed by atoms with Gasteiger partial charge < -0.3 is 30.7 Å². The number of H-pyrrole nitrogens is 1. The number of amides is 2. The van der Waals surface area contributed by atoms with Gasteiger partial charge in [-0.3, -0.25) is 38.7 Å². The van der Waals surface area contributed by atoms with Crippen LogP contribution in [0.2, 0.25) is 0 Å². The highest BCUT2D eigenvalue weighted by Gasteiger charge is 2.38. The molecule has 2 saturated heterocycles. The summed E-state index contributed by atoms with van der Waals surface area (Å²) >= 11 is 0. The number of hydrogen-bond acceptors (Lipinski definition) is 12. The lowest BCUT2D eigenvalue weighted by atomic mass is 9.91. The van der Waals surface area contributed by atoms with Crippen molar-refractivity contribution in [2.75, 3.05) is 32.8 Å². The van der Waals surface area contributed by atoms with Crippen molar-refractivity contribution in [2.45, 2.75) is 101 Å². The zero-order chi connectivity index (χ0) is 45.1. The number of fused-ring (bicyclic) bond motifs is 1. The summed E-state index contributed by atoms with van der Waals surface area (Å²) < 4.78 is 6.60. The number of pyridine rings is 1. The Hall–Kier alpha value is -5.72. The average Bonchev–Trinajstić information content (AvgIpc) is 3.80. The Labute approximate surface area is 365 Å². The Bertz CT molecular complexity index is 2300. The van der Waals surface area contributed by atoms with Gasteiger partial charge in [-0.15, -0.1) is 0 Å². The van der Waals surface area contributed by atoms with E-state index in [1.165, 1.54) is 16.8 Å². The summed E-state index contributed by atoms with van der Waals surface area (Å²) in [5.41, 5.74) is 11.0. The number of hydrogen-bond donors (Lipinski definition) is 6. The zero-order valence-corrected chi connectivity index (χ0v) is 35.9. The summed E-state index contributed by atoms with van der Waals surface area (Å²) in [4.78, 5) is 63.1. The van der Waals surface area contributed by atoms with Crippen LogP contribution in [0.4, 0.5) is 0 Å². The first-order valence-corrected chi connectivity index (χ1v) is 21.3. The first-order chi connectivity index (χ1) is 30.2. The van der Waals surface area contributed by atoms with Crippen LogP contribution in [0.5, 0.6) is 0 Å². The molecule has 2 aromatic carbocycles. The summed E-state index contributed by atoms with van der Waals surface area (Å²) in [5, 5.41) is 41.1. The molecular weight excluding hydrogens is 809 g/mol. The number of piperazine rings is 1. The van der Waals surface area contributed by atoms with Gasteiger partial charge in [-0.05, 0) is 67.5 Å². The molecule has 6 N–H and O–H groups in total. The summed E-state index contributed by atoms with van der Waals surface area (Å²) in [6, 6.07) is 21.3. The molecule has 1 aliphatic carbocycles. The van der Waals surface area contributed by atoms with E-state index in [2.05, 4.69) is 40.4 Å². The smallest absolute Gasteiger partial charge is 0.330 e. The van der Waals surface area contributed by atoms with Crippen LogP contribution >= 0.6 is 0 Å². The molecule has 0 spiro atoms. The molecule has 0 bridgehead atoms. The molecule has 8 atom stereocenters. The molecule has 3 aliphatic rings. The molecule has 336 valence electrons. The fraction of sp³-hybridized carbons (Fsp3) is 0.489. The van der Waals surface area contributed by atoms with Crippen LogP contribution in [0, 0.1) is 5.92 Å². The van der Waals surface area contributed by atoms with Gasteiger partial charge in [-0.1, -0.05) is 65.8 Å². The summed E-state index contributed by atoms with van der Waals surface area (Å²) in [7, 11) is 0. The maximum atomic E-state index is 13.8. The highest BCUT2D eigenvalue weighted by Crippen LogP contribution is 2.32. The largest absolute Gasteiger partial charge is 0.394 e. The number of aromatic nitrogens is 3. The SMILES string of the molecule is CC(C)(C)NC(=O)[C@@H]1CN(Cc2cccnc2)CCN1C[C@@H](O)C[C@H](Cc1ccccc1)C(=O)N[C@H]1c2ccccc2C[C@H]1O.[N-]=[N+]=N[C@H]1C[C@H](n2ccc(=O)[nH]c2=O)O[C@@H]1CO. The van der Waals surface area contributed by atoms with Crippen molar-refractivity contribution in [1.82, 2.24) is 35.0 Å². The Morgan fingerprint density at radius 3 is 2.49 bits per heavy atom. The lowest BCUT2D eigenvalue weighted by Gasteiger charge is -2.42. The molecule has 2 aliphatic heterocycles. The second-order valence-electron chi connectivity index (χ2n) is 17.4. The Morgan fingerprint density at radius 1 is 1.05 bits per heavy atom. The van der Waals surface area contributed by atoms with Crippen LogP contribution in [0.1, 0.15) is 68.1 Å². The minimum atomic E-state index is -0.833. The number of benzene rings is 2. The summed E-state index contributed by atoms with van der Waals surface area (Å²) in [5.74, 6) is -0.781. The third kappa shape index (κ3) is 12.9. The van der Waals surface area contributed by atoms with E-state index in [1.54, 1.807) is 6.20 Å². The quantitative estimate of drug-likeness (QED) is 0.0610. The van der Waals surface area contributed by atoms with Crippen molar-refractivity contribution >= 4 is 11.8 Å². The lowest BCUT2D eigenvalue weighted by molar-refractivity contribution is -0.132. The molecule has 0 saturated carbocycles. The monoisotopic (exact) mass is 866 g/mol. The van der Waals surface area contributed by atoms with Gasteiger partial charge in [-0.2, -0.15) is 0 Å². The number of carbonyl (C=O) groups excluding carboxylic acids is 2. The first kappa shape index (κ1) is 46.8. The molecule has 4 heterocycles. The van der Waals surface area contributed by atoms with Gasteiger partial charge in [0.1, 0.15) is 12.3 Å². The number of azide groups is 1. The molecule has 2 amide bonds. The number of nitrogens with zero attached hydrogens (tertiary/aromatic N) is 7. The number of rotatable bonds is 14. The Balaban J connectivity index is 0.000000305. The van der Waals surface area contributed by atoms with Crippen LogP contribution < -0.4 is 21.9 Å². The van der Waals surface area contributed by atoms with Gasteiger partial charge in [0.2, 0.25) is 11.8 Å². The second-order valence-corrected chi connectivity index (χ2v) is 17.4. The highest BCUT2D eigenvalue weighted by molar-refractivity contribution is 5.83. The number of aliphatic hydroxyl groups is 3. The number of aliphatic hydroxyl groups excluding tert-OH is 3. The standard InChI is InChI=1S/C36H47N5O4.C9H11N5O4/c1-36(2,3)39-35(45)31-24-40(22-26-12-9-15-37-21-26)16-17-41(31)23-29(42)19-28(18-25-10-5-4-6-11-25)34(44)38-33-30-14-8-7-13-27(30)20-32(33)43;10-13-12-5-3-8(18-6(5)4-15)14-2-1-7(16)11-9(14)17/h4-15,21,28-29,31-33,42-43H,16-20,22-24H2,1-3H3,(H,38,44)(H,39,45);1-2,5-6,8,15H,3-4H2,(H,11,16,17)/t28-,29-,31-,32+,33-;5-,6+,8+/m00/s1. The molecular formula is C45H58N10O8. The van der Waals surface area contributed by atoms with Crippen LogP contribution in [0.25, 0.3) is 10.4 Å². The van der Waals surface area contributed by atoms with E-state index in [4.69, 9.17) is 15.4 Å². The molecule has 0 radical (unpaired) electrons. The Kier molecular flexibility index (Phi) is 16.0. The van der Waals surface area contributed by atoms with Gasteiger partial charge in [0.25, 0.3) is 5.56 Å². The highest BCUT2D eigenvalue weighted by atomic mass is 16.5. The maximum Gasteiger partial charge on any atom is 0.330 e. The Morgan fingerprint density at radius 2 is 1.79 bits per heavy atom. The minimum absolute atomic E-state index is 0.0712. The second kappa shape index (κ2) is 21.6. The van der Waals surface area contributed by atoms with Gasteiger partial charge in [0, 0.05) is 86.6 Å². The number of ether oxygens (including phenoxy) is 1. The van der Waals surface area contributed by atoms with E-state index < -0.39 is 65.4 Å². The van der Waals surface area contributed by atoms with Crippen molar-refractivity contribution in [3.05, 3.63) is 145 Å². The number of β-amino-alcohol motifs (C(OH)–C–C–N with tert-alkyl or cyclic N) is 1. The minimum Gasteiger partial charge on any atom is -0.394 e. The van der Waals surface area contributed by atoms with E-state index in [0.717, 1.165) is 28.8 Å². The third-order valence-corrected chi connectivity index (χ3v) is 11.4. The van der Waals surface area contributed by atoms with Gasteiger partial charge in [-0.25, -0.2) is 4.79 Å². The van der Waals surface area contributed by atoms with Crippen LogP contribution in [0.3, 0.4) is 0 Å².